The van der Waals surface area contributed by atoms with Crippen molar-refractivity contribution >= 4 is 41.5 Å². The Morgan fingerprint density at radius 2 is 1.96 bits per heavy atom. The number of guanidine groups is 1. The molecule has 0 fully saturated rings. The predicted octanol–water partition coefficient (Wildman–Crippen LogP) is 2.66. The second-order valence-corrected chi connectivity index (χ2v) is 6.20. The van der Waals surface area contributed by atoms with E-state index in [1.807, 2.05) is 30.3 Å². The van der Waals surface area contributed by atoms with Gasteiger partial charge in [-0.3, -0.25) is 14.8 Å². The maximum Gasteiger partial charge on any atom is 0.243 e. The molecule has 152 valence electrons. The third-order valence-electron chi connectivity index (χ3n) is 3.72. The summed E-state index contributed by atoms with van der Waals surface area (Å²) in [5, 5.41) is 8.96. The van der Waals surface area contributed by atoms with Crippen LogP contribution in [0.5, 0.6) is 0 Å². The molecule has 0 saturated heterocycles. The van der Waals surface area contributed by atoms with Crippen molar-refractivity contribution in [3.63, 3.8) is 0 Å². The van der Waals surface area contributed by atoms with Gasteiger partial charge in [-0.05, 0) is 23.6 Å². The maximum atomic E-state index is 11.9. The van der Waals surface area contributed by atoms with E-state index in [1.165, 1.54) is 0 Å². The highest BCUT2D eigenvalue weighted by atomic mass is 127. The van der Waals surface area contributed by atoms with Crippen LogP contribution in [0.3, 0.4) is 0 Å². The molecule has 1 aromatic heterocycles. The number of rotatable bonds is 9. The average molecular weight is 497 g/mol. The number of carbonyl (C=O) groups excluding carboxylic acids is 1. The van der Waals surface area contributed by atoms with E-state index in [2.05, 4.69) is 32.9 Å². The van der Waals surface area contributed by atoms with Crippen LogP contribution in [-0.2, 0) is 16.1 Å². The van der Waals surface area contributed by atoms with Crippen LogP contribution in [0.15, 0.2) is 59.9 Å². The van der Waals surface area contributed by atoms with Gasteiger partial charge in [0.25, 0.3) is 0 Å². The van der Waals surface area contributed by atoms with Crippen LogP contribution in [0.2, 0.25) is 0 Å². The van der Waals surface area contributed by atoms with Crippen molar-refractivity contribution in [3.8, 4) is 0 Å². The SMILES string of the molecule is CN=C(NCC(=O)Nc1cccnc1)NCC(C)COCc1ccccc1.I. The van der Waals surface area contributed by atoms with Gasteiger partial charge in [-0.2, -0.15) is 0 Å². The Labute approximate surface area is 183 Å². The summed E-state index contributed by atoms with van der Waals surface area (Å²) in [5.74, 6) is 0.716. The number of nitrogens with zero attached hydrogens (tertiary/aromatic N) is 2. The molecule has 0 aliphatic heterocycles. The summed E-state index contributed by atoms with van der Waals surface area (Å²) in [6.07, 6.45) is 3.26. The zero-order valence-electron chi connectivity index (χ0n) is 16.2. The third kappa shape index (κ3) is 9.65. The normalized spacial score (nSPS) is 11.9. The zero-order valence-corrected chi connectivity index (χ0v) is 18.6. The van der Waals surface area contributed by atoms with Crippen LogP contribution in [-0.4, -0.2) is 43.6 Å². The van der Waals surface area contributed by atoms with E-state index in [0.717, 1.165) is 5.56 Å². The van der Waals surface area contributed by atoms with Crippen molar-refractivity contribution in [2.45, 2.75) is 13.5 Å². The smallest absolute Gasteiger partial charge is 0.243 e. The molecule has 0 aliphatic rings. The first-order valence-corrected chi connectivity index (χ1v) is 8.93. The number of ether oxygens (including phenoxy) is 1. The molecule has 2 rings (SSSR count). The molecule has 1 heterocycles. The van der Waals surface area contributed by atoms with Gasteiger partial charge < -0.3 is 20.7 Å². The molecule has 0 aliphatic carbocycles. The number of nitrogens with one attached hydrogen (secondary N) is 3. The molecule has 8 heteroatoms. The number of halogens is 1. The fourth-order valence-corrected chi connectivity index (χ4v) is 2.31. The van der Waals surface area contributed by atoms with Crippen LogP contribution >= 0.6 is 24.0 Å². The Kier molecular flexibility index (Phi) is 11.8. The summed E-state index contributed by atoms with van der Waals surface area (Å²) >= 11 is 0. The zero-order chi connectivity index (χ0) is 19.3. The summed E-state index contributed by atoms with van der Waals surface area (Å²) in [7, 11) is 1.67. The number of hydrogen-bond acceptors (Lipinski definition) is 4. The topological polar surface area (TPSA) is 87.6 Å². The molecule has 1 aromatic carbocycles. The molecule has 28 heavy (non-hydrogen) atoms. The quantitative estimate of drug-likeness (QED) is 0.282. The third-order valence-corrected chi connectivity index (χ3v) is 3.72. The summed E-state index contributed by atoms with van der Waals surface area (Å²) in [6.45, 7) is 4.15. The Hall–Kier alpha value is -2.20. The van der Waals surface area contributed by atoms with Crippen LogP contribution in [0.25, 0.3) is 0 Å². The fourth-order valence-electron chi connectivity index (χ4n) is 2.31. The molecule has 0 saturated carbocycles. The van der Waals surface area contributed by atoms with E-state index < -0.39 is 0 Å². The second kappa shape index (κ2) is 13.9. The molecule has 1 unspecified atom stereocenters. The van der Waals surface area contributed by atoms with Crippen LogP contribution in [0.1, 0.15) is 12.5 Å². The monoisotopic (exact) mass is 497 g/mol. The number of hydrogen-bond donors (Lipinski definition) is 3. The van der Waals surface area contributed by atoms with Crippen molar-refractivity contribution in [1.29, 1.82) is 0 Å². The minimum Gasteiger partial charge on any atom is -0.376 e. The molecule has 2 aromatic rings. The van der Waals surface area contributed by atoms with Crippen molar-refractivity contribution in [1.82, 2.24) is 15.6 Å². The Balaban J connectivity index is 0.00000392. The highest BCUT2D eigenvalue weighted by molar-refractivity contribution is 14.0. The van der Waals surface area contributed by atoms with Crippen molar-refractivity contribution in [2.24, 2.45) is 10.9 Å². The molecule has 0 spiro atoms. The number of amides is 1. The first-order chi connectivity index (χ1) is 13.2. The van der Waals surface area contributed by atoms with Crippen LogP contribution in [0.4, 0.5) is 5.69 Å². The number of carbonyl (C=O) groups is 1. The number of aliphatic imine (C=N–C) groups is 1. The van der Waals surface area contributed by atoms with Gasteiger partial charge >= 0.3 is 0 Å². The molecule has 0 radical (unpaired) electrons. The summed E-state index contributed by atoms with van der Waals surface area (Å²) in [5.41, 5.74) is 1.83. The first kappa shape index (κ1) is 23.8. The lowest BCUT2D eigenvalue weighted by Gasteiger charge is -2.16. The standard InChI is InChI=1S/C20H27N5O2.HI/c1-16(14-27-15-17-7-4-3-5-8-17)11-23-20(21-2)24-13-19(26)25-18-9-6-10-22-12-18;/h3-10,12,16H,11,13-15H2,1-2H3,(H,25,26)(H2,21,23,24);1H. The summed E-state index contributed by atoms with van der Waals surface area (Å²) in [4.78, 5) is 20.0. The lowest BCUT2D eigenvalue weighted by Crippen LogP contribution is -2.43. The molecule has 3 N–H and O–H groups in total. The molecule has 1 amide bonds. The highest BCUT2D eigenvalue weighted by Crippen LogP contribution is 2.03. The Morgan fingerprint density at radius 1 is 1.18 bits per heavy atom. The van der Waals surface area contributed by atoms with E-state index in [9.17, 15) is 4.79 Å². The van der Waals surface area contributed by atoms with Crippen LogP contribution in [0, 0.1) is 5.92 Å². The largest absolute Gasteiger partial charge is 0.376 e. The first-order valence-electron chi connectivity index (χ1n) is 8.93. The van der Waals surface area contributed by atoms with Gasteiger partial charge in [-0.1, -0.05) is 37.3 Å². The Morgan fingerprint density at radius 3 is 2.64 bits per heavy atom. The number of aromatic nitrogens is 1. The number of benzene rings is 1. The molecular formula is C20H28IN5O2. The number of pyridine rings is 1. The van der Waals surface area contributed by atoms with E-state index in [4.69, 9.17) is 4.74 Å². The Bertz CT molecular complexity index is 713. The summed E-state index contributed by atoms with van der Waals surface area (Å²) in [6, 6.07) is 13.6. The van der Waals surface area contributed by atoms with Gasteiger partial charge in [-0.25, -0.2) is 0 Å². The van der Waals surface area contributed by atoms with Gasteiger partial charge in [0.1, 0.15) is 0 Å². The van der Waals surface area contributed by atoms with E-state index in [0.29, 0.717) is 37.3 Å². The average Bonchev–Trinajstić information content (AvgIpc) is 2.69. The van der Waals surface area contributed by atoms with E-state index in [1.54, 1.807) is 31.6 Å². The van der Waals surface area contributed by atoms with E-state index >= 15 is 0 Å². The van der Waals surface area contributed by atoms with Gasteiger partial charge in [0.15, 0.2) is 5.96 Å². The minimum absolute atomic E-state index is 0. The lowest BCUT2D eigenvalue weighted by atomic mass is 10.2. The minimum atomic E-state index is -0.162. The van der Waals surface area contributed by atoms with Gasteiger partial charge in [0.05, 0.1) is 31.6 Å². The fraction of sp³-hybridized carbons (Fsp3) is 0.350. The molecule has 7 nitrogen and oxygen atoms in total. The van der Waals surface area contributed by atoms with Gasteiger partial charge in [0, 0.05) is 19.8 Å². The maximum absolute atomic E-state index is 11.9. The highest BCUT2D eigenvalue weighted by Gasteiger charge is 2.07. The molecule has 0 bridgehead atoms. The lowest BCUT2D eigenvalue weighted by molar-refractivity contribution is -0.115. The molecule has 1 atom stereocenters. The summed E-state index contributed by atoms with van der Waals surface area (Å²) < 4.78 is 5.74. The van der Waals surface area contributed by atoms with Crippen molar-refractivity contribution in [3.05, 3.63) is 60.4 Å². The van der Waals surface area contributed by atoms with Crippen molar-refractivity contribution < 1.29 is 9.53 Å². The van der Waals surface area contributed by atoms with Crippen molar-refractivity contribution in [2.75, 3.05) is 32.1 Å². The van der Waals surface area contributed by atoms with Gasteiger partial charge in [0.2, 0.25) is 5.91 Å². The van der Waals surface area contributed by atoms with Gasteiger partial charge in [-0.15, -0.1) is 24.0 Å². The second-order valence-electron chi connectivity index (χ2n) is 6.20. The van der Waals surface area contributed by atoms with E-state index in [-0.39, 0.29) is 36.4 Å². The predicted molar refractivity (Wildman–Crippen MR) is 123 cm³/mol. The molecular weight excluding hydrogens is 469 g/mol. The van der Waals surface area contributed by atoms with Crippen LogP contribution < -0.4 is 16.0 Å². The number of anilines is 1.